The molecule has 1 N–H and O–H groups in total. The molecule has 0 saturated heterocycles. The molecule has 0 saturated carbocycles. The van der Waals surface area contributed by atoms with Gasteiger partial charge in [0, 0.05) is 0 Å². The van der Waals surface area contributed by atoms with Crippen molar-refractivity contribution in [2.45, 2.75) is 37.6 Å². The van der Waals surface area contributed by atoms with E-state index in [1.807, 2.05) is 12.1 Å². The van der Waals surface area contributed by atoms with Crippen molar-refractivity contribution >= 4 is 10.0 Å². The minimum atomic E-state index is -3.54. The van der Waals surface area contributed by atoms with Gasteiger partial charge in [-0.2, -0.15) is 0 Å². The summed E-state index contributed by atoms with van der Waals surface area (Å²) >= 11 is 0. The molecule has 2 aromatic rings. The molecule has 2 rings (SSSR count). The number of nitrogens with one attached hydrogen (secondary N) is 1. The Morgan fingerprint density at radius 2 is 1.70 bits per heavy atom. The predicted octanol–water partition coefficient (Wildman–Crippen LogP) is 3.44. The van der Waals surface area contributed by atoms with Crippen molar-refractivity contribution in [2.24, 2.45) is 0 Å². The topological polar surface area (TPSA) is 59.3 Å². The highest BCUT2D eigenvalue weighted by Crippen LogP contribution is 2.20. The van der Waals surface area contributed by atoms with Crippen LogP contribution in [0.4, 0.5) is 0 Å². The molecule has 1 aromatic carbocycles. The largest absolute Gasteiger partial charge is 0.468 e. The fourth-order valence-electron chi connectivity index (χ4n) is 1.93. The summed E-state index contributed by atoms with van der Waals surface area (Å²) in [6.45, 7) is 5.89. The van der Waals surface area contributed by atoms with Gasteiger partial charge in [0.15, 0.2) is 0 Å². The number of sulfonamides is 1. The highest BCUT2D eigenvalue weighted by Gasteiger charge is 2.19. The molecule has 0 aliphatic rings. The zero-order valence-electron chi connectivity index (χ0n) is 11.8. The quantitative estimate of drug-likeness (QED) is 0.918. The first kappa shape index (κ1) is 14.8. The van der Waals surface area contributed by atoms with E-state index in [4.69, 9.17) is 4.42 Å². The molecule has 1 atom stereocenters. The molecule has 1 aromatic heterocycles. The van der Waals surface area contributed by atoms with E-state index < -0.39 is 16.1 Å². The zero-order valence-corrected chi connectivity index (χ0v) is 12.6. The van der Waals surface area contributed by atoms with Crippen molar-refractivity contribution in [1.29, 1.82) is 0 Å². The summed E-state index contributed by atoms with van der Waals surface area (Å²) in [5, 5.41) is 0. The summed E-state index contributed by atoms with van der Waals surface area (Å²) in [6, 6.07) is 10.0. The van der Waals surface area contributed by atoms with Crippen molar-refractivity contribution in [3.8, 4) is 0 Å². The Morgan fingerprint density at radius 3 is 2.20 bits per heavy atom. The summed E-state index contributed by atoms with van der Waals surface area (Å²) < 4.78 is 32.3. The van der Waals surface area contributed by atoms with Crippen LogP contribution in [-0.4, -0.2) is 8.42 Å². The van der Waals surface area contributed by atoms with E-state index in [9.17, 15) is 8.42 Å². The van der Waals surface area contributed by atoms with Gasteiger partial charge in [-0.1, -0.05) is 26.0 Å². The van der Waals surface area contributed by atoms with Crippen LogP contribution in [0.5, 0.6) is 0 Å². The van der Waals surface area contributed by atoms with E-state index in [-0.39, 0.29) is 4.90 Å². The first-order valence-corrected chi connectivity index (χ1v) is 8.04. The van der Waals surface area contributed by atoms with Crippen LogP contribution in [0, 0.1) is 0 Å². The summed E-state index contributed by atoms with van der Waals surface area (Å²) in [5.41, 5.74) is 1.11. The second-order valence-corrected chi connectivity index (χ2v) is 6.80. The molecule has 108 valence electrons. The maximum atomic E-state index is 12.3. The Morgan fingerprint density at radius 1 is 1.05 bits per heavy atom. The van der Waals surface area contributed by atoms with Crippen molar-refractivity contribution < 1.29 is 12.8 Å². The van der Waals surface area contributed by atoms with Gasteiger partial charge in [-0.3, -0.25) is 0 Å². The molecule has 20 heavy (non-hydrogen) atoms. The standard InChI is InChI=1S/C15H19NO3S/c1-11(2)13-6-8-14(9-7-13)20(17,18)16-12(3)15-5-4-10-19-15/h4-12,16H,1-3H3. The molecule has 1 heterocycles. The fraction of sp³-hybridized carbons (Fsp3) is 0.333. The van der Waals surface area contributed by atoms with Gasteiger partial charge in [0.25, 0.3) is 0 Å². The third-order valence-electron chi connectivity index (χ3n) is 3.16. The molecule has 0 bridgehead atoms. The highest BCUT2D eigenvalue weighted by atomic mass is 32.2. The molecule has 4 nitrogen and oxygen atoms in total. The first-order chi connectivity index (χ1) is 9.40. The van der Waals surface area contributed by atoms with Gasteiger partial charge in [-0.25, -0.2) is 13.1 Å². The Hall–Kier alpha value is -1.59. The van der Waals surface area contributed by atoms with E-state index in [0.717, 1.165) is 5.56 Å². The SMILES string of the molecule is CC(C)c1ccc(S(=O)(=O)NC(C)c2ccco2)cc1. The molecular weight excluding hydrogens is 274 g/mol. The van der Waals surface area contributed by atoms with Crippen LogP contribution in [0.1, 0.15) is 44.1 Å². The van der Waals surface area contributed by atoms with Crippen LogP contribution in [0.15, 0.2) is 52.0 Å². The Bertz CT molecular complexity index is 643. The van der Waals surface area contributed by atoms with E-state index in [2.05, 4.69) is 18.6 Å². The van der Waals surface area contributed by atoms with Crippen molar-refractivity contribution in [3.05, 3.63) is 54.0 Å². The van der Waals surface area contributed by atoms with E-state index in [0.29, 0.717) is 11.7 Å². The fourth-order valence-corrected chi connectivity index (χ4v) is 3.14. The summed E-state index contributed by atoms with van der Waals surface area (Å²) in [4.78, 5) is 0.264. The average molecular weight is 293 g/mol. The average Bonchev–Trinajstić information content (AvgIpc) is 2.92. The number of hydrogen-bond acceptors (Lipinski definition) is 3. The van der Waals surface area contributed by atoms with Crippen LogP contribution >= 0.6 is 0 Å². The van der Waals surface area contributed by atoms with Gasteiger partial charge in [0.2, 0.25) is 10.0 Å². The van der Waals surface area contributed by atoms with Crippen molar-refractivity contribution in [2.75, 3.05) is 0 Å². The molecule has 0 spiro atoms. The summed E-state index contributed by atoms with van der Waals surface area (Å²) in [7, 11) is -3.54. The van der Waals surface area contributed by atoms with Crippen LogP contribution in [0.3, 0.4) is 0 Å². The minimum absolute atomic E-state index is 0.264. The second-order valence-electron chi connectivity index (χ2n) is 5.08. The molecule has 5 heteroatoms. The maximum absolute atomic E-state index is 12.3. The molecule has 0 aliphatic heterocycles. The van der Waals surface area contributed by atoms with Crippen molar-refractivity contribution in [3.63, 3.8) is 0 Å². The lowest BCUT2D eigenvalue weighted by atomic mass is 10.0. The number of benzene rings is 1. The number of furan rings is 1. The van der Waals surface area contributed by atoms with E-state index in [1.165, 1.54) is 6.26 Å². The van der Waals surface area contributed by atoms with E-state index in [1.54, 1.807) is 31.2 Å². The molecular formula is C15H19NO3S. The lowest BCUT2D eigenvalue weighted by Crippen LogP contribution is -2.26. The summed E-state index contributed by atoms with van der Waals surface area (Å²) in [5.74, 6) is 0.967. The van der Waals surface area contributed by atoms with Gasteiger partial charge >= 0.3 is 0 Å². The van der Waals surface area contributed by atoms with E-state index >= 15 is 0 Å². The Labute approximate surface area is 119 Å². The van der Waals surface area contributed by atoms with Crippen LogP contribution in [0.2, 0.25) is 0 Å². The van der Waals surface area contributed by atoms with Crippen molar-refractivity contribution in [1.82, 2.24) is 4.72 Å². The third-order valence-corrected chi connectivity index (χ3v) is 4.72. The van der Waals surface area contributed by atoms with Gasteiger partial charge < -0.3 is 4.42 Å². The number of rotatable bonds is 5. The molecule has 0 fully saturated rings. The Balaban J connectivity index is 2.18. The monoisotopic (exact) mass is 293 g/mol. The van der Waals surface area contributed by atoms with Crippen LogP contribution < -0.4 is 4.72 Å². The first-order valence-electron chi connectivity index (χ1n) is 6.56. The lowest BCUT2D eigenvalue weighted by molar-refractivity contribution is 0.459. The zero-order chi connectivity index (χ0) is 14.8. The van der Waals surface area contributed by atoms with Crippen LogP contribution in [-0.2, 0) is 10.0 Å². The predicted molar refractivity (Wildman–Crippen MR) is 78.0 cm³/mol. The van der Waals surface area contributed by atoms with Crippen LogP contribution in [0.25, 0.3) is 0 Å². The molecule has 0 aliphatic carbocycles. The number of hydrogen-bond donors (Lipinski definition) is 1. The minimum Gasteiger partial charge on any atom is -0.468 e. The second kappa shape index (κ2) is 5.81. The Kier molecular flexibility index (Phi) is 4.30. The highest BCUT2D eigenvalue weighted by molar-refractivity contribution is 7.89. The van der Waals surface area contributed by atoms with Gasteiger partial charge in [0.1, 0.15) is 5.76 Å². The smallest absolute Gasteiger partial charge is 0.241 e. The van der Waals surface area contributed by atoms with Gasteiger partial charge in [-0.15, -0.1) is 0 Å². The molecule has 1 unspecified atom stereocenters. The maximum Gasteiger partial charge on any atom is 0.241 e. The lowest BCUT2D eigenvalue weighted by Gasteiger charge is -2.13. The van der Waals surface area contributed by atoms with Gasteiger partial charge in [0.05, 0.1) is 17.2 Å². The third kappa shape index (κ3) is 3.29. The normalized spacial score (nSPS) is 13.6. The van der Waals surface area contributed by atoms with Gasteiger partial charge in [-0.05, 0) is 42.7 Å². The summed E-state index contributed by atoms with van der Waals surface area (Å²) in [6.07, 6.45) is 1.53. The molecule has 0 amide bonds. The molecule has 0 radical (unpaired) electrons.